The predicted molar refractivity (Wildman–Crippen MR) is 97.7 cm³/mol. The van der Waals surface area contributed by atoms with Crippen LogP contribution >= 0.6 is 15.9 Å². The van der Waals surface area contributed by atoms with Gasteiger partial charge in [0.15, 0.2) is 6.61 Å². The summed E-state index contributed by atoms with van der Waals surface area (Å²) in [6.07, 6.45) is 1.39. The molecule has 0 saturated heterocycles. The van der Waals surface area contributed by atoms with Gasteiger partial charge >= 0.3 is 0 Å². The number of nitrogens with zero attached hydrogens (tertiary/aromatic N) is 1. The second-order valence-corrected chi connectivity index (χ2v) is 6.48. The van der Waals surface area contributed by atoms with Gasteiger partial charge in [-0.3, -0.25) is 4.79 Å². The molecule has 0 heterocycles. The van der Waals surface area contributed by atoms with Crippen molar-refractivity contribution >= 4 is 28.1 Å². The fraction of sp³-hybridized carbons (Fsp3) is 0.222. The van der Waals surface area contributed by atoms with Crippen molar-refractivity contribution < 1.29 is 14.6 Å². The van der Waals surface area contributed by atoms with Gasteiger partial charge in [0.1, 0.15) is 11.5 Å². The number of carbonyl (C=O) groups excluding carboxylic acids is 1. The average molecular weight is 391 g/mol. The number of ether oxygens (including phenoxy) is 1. The Bertz CT molecular complexity index is 768. The Balaban J connectivity index is 1.91. The first kappa shape index (κ1) is 18.0. The van der Waals surface area contributed by atoms with Gasteiger partial charge in [-0.25, -0.2) is 5.43 Å². The first-order valence-electron chi connectivity index (χ1n) is 7.37. The molecule has 1 amide bonds. The number of nitrogens with one attached hydrogen (secondary N) is 1. The summed E-state index contributed by atoms with van der Waals surface area (Å²) in [5.74, 6) is 0.395. The molecule has 0 radical (unpaired) electrons. The van der Waals surface area contributed by atoms with E-state index in [1.54, 1.807) is 19.1 Å². The molecule has 0 atom stereocenters. The smallest absolute Gasteiger partial charge is 0.277 e. The standard InChI is InChI=1S/C18H19BrN2O3/c1-11-4-12(2)6-16(5-11)24-10-17(22)21-20-9-14-8-15(19)7-13(3)18(14)23/h4-9,23H,10H2,1-3H3,(H,21,22)/b20-9-. The van der Waals surface area contributed by atoms with E-state index in [-0.39, 0.29) is 18.3 Å². The number of phenols is 1. The number of hydrogen-bond donors (Lipinski definition) is 2. The highest BCUT2D eigenvalue weighted by molar-refractivity contribution is 9.10. The first-order chi connectivity index (χ1) is 11.3. The number of aromatic hydroxyl groups is 1. The van der Waals surface area contributed by atoms with Gasteiger partial charge in [0.05, 0.1) is 6.21 Å². The van der Waals surface area contributed by atoms with E-state index in [0.717, 1.165) is 21.2 Å². The second kappa shape index (κ2) is 7.97. The van der Waals surface area contributed by atoms with Crippen LogP contribution in [0.4, 0.5) is 0 Å². The van der Waals surface area contributed by atoms with Crippen molar-refractivity contribution in [3.8, 4) is 11.5 Å². The molecule has 0 saturated carbocycles. The van der Waals surface area contributed by atoms with Crippen molar-refractivity contribution in [1.29, 1.82) is 0 Å². The SMILES string of the molecule is Cc1cc(C)cc(OCC(=O)N/N=C\c2cc(Br)cc(C)c2O)c1. The third kappa shape index (κ3) is 5.09. The molecule has 0 spiro atoms. The summed E-state index contributed by atoms with van der Waals surface area (Å²) in [6, 6.07) is 9.27. The average Bonchev–Trinajstić information content (AvgIpc) is 2.49. The van der Waals surface area contributed by atoms with E-state index >= 15 is 0 Å². The van der Waals surface area contributed by atoms with Gasteiger partial charge in [0.25, 0.3) is 5.91 Å². The van der Waals surface area contributed by atoms with Crippen LogP contribution in [0, 0.1) is 20.8 Å². The molecular formula is C18H19BrN2O3. The second-order valence-electron chi connectivity index (χ2n) is 5.57. The molecule has 0 aromatic heterocycles. The van der Waals surface area contributed by atoms with Crippen molar-refractivity contribution in [2.24, 2.45) is 5.10 Å². The normalized spacial score (nSPS) is 10.8. The number of hydrazone groups is 1. The summed E-state index contributed by atoms with van der Waals surface area (Å²) in [6.45, 7) is 5.59. The highest BCUT2D eigenvalue weighted by Crippen LogP contribution is 2.25. The highest BCUT2D eigenvalue weighted by Gasteiger charge is 2.05. The summed E-state index contributed by atoms with van der Waals surface area (Å²) in [5.41, 5.74) is 5.75. The minimum atomic E-state index is -0.378. The minimum Gasteiger partial charge on any atom is -0.507 e. The Labute approximate surface area is 149 Å². The van der Waals surface area contributed by atoms with Gasteiger partial charge in [-0.05, 0) is 61.7 Å². The van der Waals surface area contributed by atoms with Gasteiger partial charge in [0, 0.05) is 10.0 Å². The maximum absolute atomic E-state index is 11.8. The molecular weight excluding hydrogens is 372 g/mol. The molecule has 0 aliphatic carbocycles. The summed E-state index contributed by atoms with van der Waals surface area (Å²) in [4.78, 5) is 11.8. The molecule has 2 aromatic rings. The number of carbonyl (C=O) groups is 1. The Morgan fingerprint density at radius 1 is 1.21 bits per heavy atom. The molecule has 0 unspecified atom stereocenters. The third-order valence-corrected chi connectivity index (χ3v) is 3.71. The van der Waals surface area contributed by atoms with Gasteiger partial charge in [-0.1, -0.05) is 22.0 Å². The van der Waals surface area contributed by atoms with E-state index in [4.69, 9.17) is 4.74 Å². The maximum atomic E-state index is 11.8. The van der Waals surface area contributed by atoms with Crippen LogP contribution in [-0.2, 0) is 4.79 Å². The first-order valence-corrected chi connectivity index (χ1v) is 8.16. The number of amides is 1. The lowest BCUT2D eigenvalue weighted by atomic mass is 10.1. The van der Waals surface area contributed by atoms with E-state index in [2.05, 4.69) is 26.5 Å². The zero-order chi connectivity index (χ0) is 17.7. The van der Waals surface area contributed by atoms with Crippen molar-refractivity contribution in [2.75, 3.05) is 6.61 Å². The maximum Gasteiger partial charge on any atom is 0.277 e. The summed E-state index contributed by atoms with van der Waals surface area (Å²) in [7, 11) is 0. The molecule has 2 rings (SSSR count). The Kier molecular flexibility index (Phi) is 5.98. The molecule has 24 heavy (non-hydrogen) atoms. The van der Waals surface area contributed by atoms with Crippen LogP contribution in [0.5, 0.6) is 11.5 Å². The molecule has 0 aliphatic rings. The van der Waals surface area contributed by atoms with E-state index in [9.17, 15) is 9.90 Å². The van der Waals surface area contributed by atoms with Crippen LogP contribution in [0.25, 0.3) is 0 Å². The zero-order valence-electron chi connectivity index (χ0n) is 13.8. The van der Waals surface area contributed by atoms with Crippen LogP contribution in [0.2, 0.25) is 0 Å². The number of phenolic OH excluding ortho intramolecular Hbond substituents is 1. The van der Waals surface area contributed by atoms with E-state index < -0.39 is 0 Å². The van der Waals surface area contributed by atoms with Crippen LogP contribution < -0.4 is 10.2 Å². The predicted octanol–water partition coefficient (Wildman–Crippen LogP) is 3.61. The topological polar surface area (TPSA) is 70.9 Å². The van der Waals surface area contributed by atoms with Crippen molar-refractivity contribution in [3.05, 3.63) is 57.1 Å². The monoisotopic (exact) mass is 390 g/mol. The largest absolute Gasteiger partial charge is 0.507 e. The lowest BCUT2D eigenvalue weighted by Gasteiger charge is -2.07. The van der Waals surface area contributed by atoms with Crippen molar-refractivity contribution in [3.63, 3.8) is 0 Å². The van der Waals surface area contributed by atoms with E-state index in [0.29, 0.717) is 11.3 Å². The van der Waals surface area contributed by atoms with Crippen molar-refractivity contribution in [2.45, 2.75) is 20.8 Å². The van der Waals surface area contributed by atoms with Gasteiger partial charge in [0.2, 0.25) is 0 Å². The fourth-order valence-electron chi connectivity index (χ4n) is 2.23. The van der Waals surface area contributed by atoms with Crippen molar-refractivity contribution in [1.82, 2.24) is 5.43 Å². The molecule has 6 heteroatoms. The van der Waals surface area contributed by atoms with Crippen LogP contribution in [0.3, 0.4) is 0 Å². The molecule has 0 aliphatic heterocycles. The quantitative estimate of drug-likeness (QED) is 0.604. The highest BCUT2D eigenvalue weighted by atomic mass is 79.9. The van der Waals surface area contributed by atoms with Crippen LogP contribution in [0.1, 0.15) is 22.3 Å². The van der Waals surface area contributed by atoms with E-state index in [1.165, 1.54) is 6.21 Å². The molecule has 2 aromatic carbocycles. The van der Waals surface area contributed by atoms with Gasteiger partial charge in [-0.15, -0.1) is 0 Å². The fourth-order valence-corrected chi connectivity index (χ4v) is 2.82. The Morgan fingerprint density at radius 2 is 1.88 bits per heavy atom. The summed E-state index contributed by atoms with van der Waals surface area (Å²) < 4.78 is 6.27. The van der Waals surface area contributed by atoms with Gasteiger partial charge < -0.3 is 9.84 Å². The zero-order valence-corrected chi connectivity index (χ0v) is 15.3. The summed E-state index contributed by atoms with van der Waals surface area (Å²) in [5, 5.41) is 13.8. The molecule has 126 valence electrons. The van der Waals surface area contributed by atoms with Crippen LogP contribution in [-0.4, -0.2) is 23.8 Å². The molecule has 0 bridgehead atoms. The lowest BCUT2D eigenvalue weighted by molar-refractivity contribution is -0.123. The number of rotatable bonds is 5. The Hall–Kier alpha value is -2.34. The lowest BCUT2D eigenvalue weighted by Crippen LogP contribution is -2.24. The Morgan fingerprint density at radius 3 is 2.54 bits per heavy atom. The number of halogens is 1. The number of aryl methyl sites for hydroxylation is 3. The summed E-state index contributed by atoms with van der Waals surface area (Å²) >= 11 is 3.35. The van der Waals surface area contributed by atoms with Crippen LogP contribution in [0.15, 0.2) is 39.9 Å². The minimum absolute atomic E-state index is 0.127. The van der Waals surface area contributed by atoms with Gasteiger partial charge in [-0.2, -0.15) is 5.10 Å². The number of hydrogen-bond acceptors (Lipinski definition) is 4. The number of benzene rings is 2. The third-order valence-electron chi connectivity index (χ3n) is 3.25. The molecule has 5 nitrogen and oxygen atoms in total. The molecule has 2 N–H and O–H groups in total. The molecule has 0 fully saturated rings. The van der Waals surface area contributed by atoms with E-state index in [1.807, 2.05) is 32.0 Å².